The Morgan fingerprint density at radius 3 is 2.45 bits per heavy atom. The normalized spacial score (nSPS) is 17.5. The third-order valence-corrected chi connectivity index (χ3v) is 6.51. The molecule has 2 aromatic rings. The lowest BCUT2D eigenvalue weighted by molar-refractivity contribution is -0.129. The van der Waals surface area contributed by atoms with Crippen LogP contribution in [0.1, 0.15) is 41.3 Å². The number of aromatic nitrogens is 1. The molecular formula is C25H33N5O3. The number of hydrogen-bond acceptors (Lipinski definition) is 6. The van der Waals surface area contributed by atoms with E-state index in [0.717, 1.165) is 38.8 Å². The van der Waals surface area contributed by atoms with Gasteiger partial charge in [0.05, 0.1) is 6.10 Å². The third-order valence-electron chi connectivity index (χ3n) is 6.51. The van der Waals surface area contributed by atoms with E-state index >= 15 is 0 Å². The standard InChI is InChI=1S/C25H33N5O3/c1-17(31)30-10-7-21(8-11-30)29-24-14-20(6-9-26-24)25(33)28-16-23(32)15-27-22-12-18-4-2-3-5-19(18)13-22/h2-6,9,14,21-23,27,32H,7-8,10-13,15-16H2,1H3,(H,26,29)(H,28,33). The van der Waals surface area contributed by atoms with Gasteiger partial charge in [0.25, 0.3) is 5.91 Å². The molecule has 1 aromatic carbocycles. The van der Waals surface area contributed by atoms with E-state index in [2.05, 4.69) is 45.2 Å². The summed E-state index contributed by atoms with van der Waals surface area (Å²) >= 11 is 0. The Kier molecular flexibility index (Phi) is 7.57. The number of nitrogens with zero attached hydrogens (tertiary/aromatic N) is 2. The topological polar surface area (TPSA) is 107 Å². The van der Waals surface area contributed by atoms with Crippen LogP contribution in [0, 0.1) is 0 Å². The van der Waals surface area contributed by atoms with Crippen molar-refractivity contribution in [3.05, 3.63) is 59.3 Å². The van der Waals surface area contributed by atoms with Gasteiger partial charge in [-0.2, -0.15) is 0 Å². The Hall–Kier alpha value is -2.97. The zero-order valence-electron chi connectivity index (χ0n) is 19.1. The van der Waals surface area contributed by atoms with Crippen LogP contribution in [-0.4, -0.2) is 71.2 Å². The molecule has 2 heterocycles. The maximum atomic E-state index is 12.6. The van der Waals surface area contributed by atoms with E-state index in [-0.39, 0.29) is 24.4 Å². The molecule has 0 radical (unpaired) electrons. The minimum atomic E-state index is -0.663. The summed E-state index contributed by atoms with van der Waals surface area (Å²) in [5.41, 5.74) is 3.23. The number of pyridine rings is 1. The van der Waals surface area contributed by atoms with Crippen molar-refractivity contribution in [2.24, 2.45) is 0 Å². The van der Waals surface area contributed by atoms with Crippen molar-refractivity contribution in [2.75, 3.05) is 31.5 Å². The maximum Gasteiger partial charge on any atom is 0.251 e. The summed E-state index contributed by atoms with van der Waals surface area (Å²) in [5, 5.41) is 19.9. The number of aliphatic hydroxyl groups excluding tert-OH is 1. The van der Waals surface area contributed by atoms with Gasteiger partial charge < -0.3 is 26.0 Å². The lowest BCUT2D eigenvalue weighted by Crippen LogP contribution is -2.42. The van der Waals surface area contributed by atoms with Crippen molar-refractivity contribution < 1.29 is 14.7 Å². The Balaban J connectivity index is 1.19. The number of rotatable bonds is 8. The van der Waals surface area contributed by atoms with E-state index in [1.807, 2.05) is 4.90 Å². The number of anilines is 1. The monoisotopic (exact) mass is 451 g/mol. The molecular weight excluding hydrogens is 418 g/mol. The first kappa shape index (κ1) is 23.2. The van der Waals surface area contributed by atoms with Crippen molar-refractivity contribution >= 4 is 17.6 Å². The van der Waals surface area contributed by atoms with Gasteiger partial charge in [-0.05, 0) is 48.9 Å². The summed E-state index contributed by atoms with van der Waals surface area (Å²) in [6.45, 7) is 3.66. The number of aliphatic hydroxyl groups is 1. The molecule has 1 aliphatic heterocycles. The number of piperidine rings is 1. The number of carbonyl (C=O) groups is 2. The van der Waals surface area contributed by atoms with E-state index in [1.165, 1.54) is 11.1 Å². The molecule has 1 atom stereocenters. The highest BCUT2D eigenvalue weighted by Crippen LogP contribution is 2.21. The van der Waals surface area contributed by atoms with Crippen molar-refractivity contribution in [1.29, 1.82) is 0 Å². The van der Waals surface area contributed by atoms with Crippen LogP contribution in [0.15, 0.2) is 42.6 Å². The van der Waals surface area contributed by atoms with Gasteiger partial charge in [0, 0.05) is 56.9 Å². The second-order valence-corrected chi connectivity index (χ2v) is 9.00. The Morgan fingerprint density at radius 2 is 1.79 bits per heavy atom. The molecule has 1 aliphatic carbocycles. The fraction of sp³-hybridized carbons (Fsp3) is 0.480. The Morgan fingerprint density at radius 1 is 1.09 bits per heavy atom. The summed E-state index contributed by atoms with van der Waals surface area (Å²) in [5.74, 6) is 0.516. The second-order valence-electron chi connectivity index (χ2n) is 9.00. The number of hydrogen-bond donors (Lipinski definition) is 4. The zero-order chi connectivity index (χ0) is 23.2. The molecule has 1 unspecified atom stereocenters. The predicted molar refractivity (Wildman–Crippen MR) is 127 cm³/mol. The Labute approximate surface area is 194 Å². The average molecular weight is 452 g/mol. The van der Waals surface area contributed by atoms with Crippen LogP contribution >= 0.6 is 0 Å². The van der Waals surface area contributed by atoms with Gasteiger partial charge in [-0.1, -0.05) is 24.3 Å². The van der Waals surface area contributed by atoms with Crippen LogP contribution in [0.3, 0.4) is 0 Å². The van der Waals surface area contributed by atoms with Gasteiger partial charge in [0.2, 0.25) is 5.91 Å². The van der Waals surface area contributed by atoms with Crippen molar-refractivity contribution in [2.45, 2.75) is 50.8 Å². The second kappa shape index (κ2) is 10.8. The lowest BCUT2D eigenvalue weighted by atomic mass is 10.0. The van der Waals surface area contributed by atoms with Crippen LogP contribution < -0.4 is 16.0 Å². The number of amides is 2. The van der Waals surface area contributed by atoms with E-state index in [4.69, 9.17) is 0 Å². The van der Waals surface area contributed by atoms with E-state index in [1.54, 1.807) is 25.3 Å². The van der Waals surface area contributed by atoms with Crippen molar-refractivity contribution in [3.8, 4) is 0 Å². The SMILES string of the molecule is CC(=O)N1CCC(Nc2cc(C(=O)NCC(O)CNC3Cc4ccccc4C3)ccn2)CC1. The van der Waals surface area contributed by atoms with E-state index in [9.17, 15) is 14.7 Å². The van der Waals surface area contributed by atoms with Crippen molar-refractivity contribution in [1.82, 2.24) is 20.5 Å². The molecule has 2 amide bonds. The molecule has 8 nitrogen and oxygen atoms in total. The molecule has 0 saturated carbocycles. The molecule has 176 valence electrons. The largest absolute Gasteiger partial charge is 0.390 e. The van der Waals surface area contributed by atoms with E-state index < -0.39 is 6.10 Å². The van der Waals surface area contributed by atoms with E-state index in [0.29, 0.717) is 24.0 Å². The number of nitrogens with one attached hydrogen (secondary N) is 3. The minimum absolute atomic E-state index is 0.107. The first-order chi connectivity index (χ1) is 16.0. The third kappa shape index (κ3) is 6.30. The summed E-state index contributed by atoms with van der Waals surface area (Å²) < 4.78 is 0. The van der Waals surface area contributed by atoms with Crippen molar-refractivity contribution in [3.63, 3.8) is 0 Å². The molecule has 1 saturated heterocycles. The highest BCUT2D eigenvalue weighted by Gasteiger charge is 2.22. The highest BCUT2D eigenvalue weighted by molar-refractivity contribution is 5.94. The van der Waals surface area contributed by atoms with Gasteiger partial charge in [-0.15, -0.1) is 0 Å². The molecule has 33 heavy (non-hydrogen) atoms. The number of fused-ring (bicyclic) bond motifs is 1. The molecule has 8 heteroatoms. The molecule has 2 aliphatic rings. The first-order valence-corrected chi connectivity index (χ1v) is 11.7. The maximum absolute atomic E-state index is 12.6. The van der Waals surface area contributed by atoms with Crippen LogP contribution in [0.5, 0.6) is 0 Å². The number of likely N-dealkylation sites (tertiary alicyclic amines) is 1. The zero-order valence-corrected chi connectivity index (χ0v) is 19.1. The predicted octanol–water partition coefficient (Wildman–Crippen LogP) is 1.35. The lowest BCUT2D eigenvalue weighted by Gasteiger charge is -2.32. The molecule has 4 N–H and O–H groups in total. The van der Waals surface area contributed by atoms with Gasteiger partial charge >= 0.3 is 0 Å². The number of benzene rings is 1. The Bertz CT molecular complexity index is 949. The average Bonchev–Trinajstić information content (AvgIpc) is 3.25. The van der Waals surface area contributed by atoms with Gasteiger partial charge in [0.15, 0.2) is 0 Å². The molecule has 1 aromatic heterocycles. The fourth-order valence-electron chi connectivity index (χ4n) is 4.59. The smallest absolute Gasteiger partial charge is 0.251 e. The summed E-state index contributed by atoms with van der Waals surface area (Å²) in [6.07, 6.45) is 4.58. The summed E-state index contributed by atoms with van der Waals surface area (Å²) in [6, 6.07) is 12.4. The van der Waals surface area contributed by atoms with Gasteiger partial charge in [0.1, 0.15) is 5.82 Å². The first-order valence-electron chi connectivity index (χ1n) is 11.7. The molecule has 0 bridgehead atoms. The fourth-order valence-corrected chi connectivity index (χ4v) is 4.59. The quantitative estimate of drug-likeness (QED) is 0.483. The highest BCUT2D eigenvalue weighted by atomic mass is 16.3. The van der Waals surface area contributed by atoms with Gasteiger partial charge in [-0.3, -0.25) is 9.59 Å². The summed E-state index contributed by atoms with van der Waals surface area (Å²) in [4.78, 5) is 30.2. The minimum Gasteiger partial charge on any atom is -0.390 e. The van der Waals surface area contributed by atoms with Gasteiger partial charge in [-0.25, -0.2) is 4.98 Å². The molecule has 1 fully saturated rings. The van der Waals surface area contributed by atoms with Crippen LogP contribution in [0.25, 0.3) is 0 Å². The van der Waals surface area contributed by atoms with Crippen LogP contribution in [0.4, 0.5) is 5.82 Å². The molecule has 0 spiro atoms. The molecule has 4 rings (SSSR count). The number of carbonyl (C=O) groups excluding carboxylic acids is 2. The van der Waals surface area contributed by atoms with Crippen LogP contribution in [0.2, 0.25) is 0 Å². The summed E-state index contributed by atoms with van der Waals surface area (Å²) in [7, 11) is 0. The van der Waals surface area contributed by atoms with Crippen LogP contribution in [-0.2, 0) is 17.6 Å².